The second-order valence-corrected chi connectivity index (χ2v) is 8.35. The lowest BCUT2D eigenvalue weighted by Crippen LogP contribution is -2.56. The zero-order valence-electron chi connectivity index (χ0n) is 14.4. The normalized spacial score (nSPS) is 39.9. The van der Waals surface area contributed by atoms with Gasteiger partial charge in [-0.2, -0.15) is 0 Å². The van der Waals surface area contributed by atoms with Gasteiger partial charge in [0.25, 0.3) is 5.56 Å². The van der Waals surface area contributed by atoms with Crippen LogP contribution in [0.4, 0.5) is 4.39 Å². The molecule has 0 saturated carbocycles. The van der Waals surface area contributed by atoms with Gasteiger partial charge < -0.3 is 9.84 Å². The summed E-state index contributed by atoms with van der Waals surface area (Å²) in [6.07, 6.45) is -2.26. The zero-order chi connectivity index (χ0) is 19.3. The summed E-state index contributed by atoms with van der Waals surface area (Å²) in [5.74, 6) is 0. The second-order valence-electron chi connectivity index (χ2n) is 6.77. The molecule has 2 fully saturated rings. The van der Waals surface area contributed by atoms with Gasteiger partial charge in [-0.1, -0.05) is 0 Å². The smallest absolute Gasteiger partial charge is 0.383 e. The molecule has 12 heteroatoms. The quantitative estimate of drug-likeness (QED) is 0.706. The number of H-pyrrole nitrogens is 1. The van der Waals surface area contributed by atoms with E-state index in [0.29, 0.717) is 0 Å². The van der Waals surface area contributed by atoms with Crippen molar-refractivity contribution in [3.05, 3.63) is 33.1 Å². The van der Waals surface area contributed by atoms with Crippen molar-refractivity contribution in [3.63, 3.8) is 0 Å². The van der Waals surface area contributed by atoms with Gasteiger partial charge in [0.2, 0.25) is 0 Å². The SMILES string of the molecule is CC(C)O[P@]1(=O)OC[C@@]2(CF)OC(n3ccc(=O)[nH]c3=O)[C@](C)(O)[C@@H]2O1. The lowest BCUT2D eigenvalue weighted by Gasteiger charge is -2.40. The Labute approximate surface area is 147 Å². The Bertz CT molecular complexity index is 852. The molecule has 3 heterocycles. The Balaban J connectivity index is 2.02. The van der Waals surface area contributed by atoms with Crippen LogP contribution in [0.2, 0.25) is 0 Å². The predicted octanol–water partition coefficient (Wildman–Crippen LogP) is 0.473. The van der Waals surface area contributed by atoms with Crippen molar-refractivity contribution in [3.8, 4) is 0 Å². The van der Waals surface area contributed by atoms with Gasteiger partial charge in [0.15, 0.2) is 11.8 Å². The molecule has 26 heavy (non-hydrogen) atoms. The molecule has 5 atom stereocenters. The van der Waals surface area contributed by atoms with E-state index >= 15 is 0 Å². The maximum absolute atomic E-state index is 13.9. The van der Waals surface area contributed by atoms with Gasteiger partial charge in [-0.15, -0.1) is 0 Å². The van der Waals surface area contributed by atoms with Gasteiger partial charge in [-0.25, -0.2) is 13.8 Å². The number of rotatable bonds is 4. The van der Waals surface area contributed by atoms with Crippen LogP contribution >= 0.6 is 7.82 Å². The average Bonchev–Trinajstić information content (AvgIpc) is 2.75. The van der Waals surface area contributed by atoms with Crippen LogP contribution in [0.15, 0.2) is 21.9 Å². The van der Waals surface area contributed by atoms with Gasteiger partial charge in [0, 0.05) is 12.3 Å². The number of halogens is 1. The molecular formula is C14H20FN2O8P. The van der Waals surface area contributed by atoms with Gasteiger partial charge in [-0.05, 0) is 20.8 Å². The van der Waals surface area contributed by atoms with Crippen molar-refractivity contribution in [2.75, 3.05) is 13.3 Å². The monoisotopic (exact) mass is 394 g/mol. The number of phosphoric acid groups is 1. The van der Waals surface area contributed by atoms with Gasteiger partial charge in [0.1, 0.15) is 18.4 Å². The Morgan fingerprint density at radius 3 is 2.81 bits per heavy atom. The summed E-state index contributed by atoms with van der Waals surface area (Å²) in [7, 11) is -4.06. The Hall–Kier alpha value is -1.36. The molecule has 3 rings (SSSR count). The lowest BCUT2D eigenvalue weighted by molar-refractivity contribution is -0.157. The first kappa shape index (κ1) is 19.4. The number of alkyl halides is 1. The third-order valence-corrected chi connectivity index (χ3v) is 5.82. The number of ether oxygens (including phenoxy) is 1. The van der Waals surface area contributed by atoms with Crippen LogP contribution in [-0.4, -0.2) is 51.3 Å². The molecule has 1 aromatic heterocycles. The van der Waals surface area contributed by atoms with E-state index < -0.39 is 62.0 Å². The van der Waals surface area contributed by atoms with E-state index in [1.807, 2.05) is 4.98 Å². The summed E-state index contributed by atoms with van der Waals surface area (Å²) in [6.45, 7) is 2.82. The van der Waals surface area contributed by atoms with Crippen LogP contribution < -0.4 is 11.2 Å². The van der Waals surface area contributed by atoms with Crippen molar-refractivity contribution in [2.45, 2.75) is 50.4 Å². The van der Waals surface area contributed by atoms with Crippen molar-refractivity contribution in [1.82, 2.24) is 9.55 Å². The molecule has 1 aromatic rings. The molecule has 2 saturated heterocycles. The maximum Gasteiger partial charge on any atom is 0.475 e. The predicted molar refractivity (Wildman–Crippen MR) is 85.4 cm³/mol. The van der Waals surface area contributed by atoms with E-state index in [-0.39, 0.29) is 0 Å². The van der Waals surface area contributed by atoms with E-state index in [4.69, 9.17) is 18.3 Å². The molecular weight excluding hydrogens is 374 g/mol. The number of hydrogen-bond donors (Lipinski definition) is 2. The molecule has 1 unspecified atom stereocenters. The third kappa shape index (κ3) is 3.08. The first-order valence-electron chi connectivity index (χ1n) is 7.92. The Morgan fingerprint density at radius 1 is 1.54 bits per heavy atom. The maximum atomic E-state index is 13.9. The van der Waals surface area contributed by atoms with E-state index in [1.54, 1.807) is 13.8 Å². The fourth-order valence-corrected chi connectivity index (χ4v) is 4.86. The molecule has 0 aromatic carbocycles. The molecule has 0 spiro atoms. The van der Waals surface area contributed by atoms with Crippen LogP contribution in [0.1, 0.15) is 27.0 Å². The summed E-state index contributed by atoms with van der Waals surface area (Å²) in [6, 6.07) is 1.05. The number of nitrogens with one attached hydrogen (secondary N) is 1. The molecule has 146 valence electrons. The fraction of sp³-hybridized carbons (Fsp3) is 0.714. The first-order chi connectivity index (χ1) is 12.0. The highest BCUT2D eigenvalue weighted by molar-refractivity contribution is 7.48. The average molecular weight is 394 g/mol. The number of aromatic nitrogens is 2. The Kier molecular flexibility index (Phi) is 4.75. The molecule has 0 bridgehead atoms. The van der Waals surface area contributed by atoms with E-state index in [0.717, 1.165) is 16.8 Å². The molecule has 2 aliphatic heterocycles. The van der Waals surface area contributed by atoms with Gasteiger partial charge in [-0.3, -0.25) is 27.9 Å². The van der Waals surface area contributed by atoms with Crippen LogP contribution in [0, 0.1) is 0 Å². The van der Waals surface area contributed by atoms with E-state index in [2.05, 4.69) is 0 Å². The number of aliphatic hydroxyl groups is 1. The highest BCUT2D eigenvalue weighted by Gasteiger charge is 2.68. The molecule has 2 N–H and O–H groups in total. The molecule has 0 aliphatic carbocycles. The topological polar surface area (TPSA) is 129 Å². The number of aromatic amines is 1. The van der Waals surface area contributed by atoms with Crippen molar-refractivity contribution < 1.29 is 32.4 Å². The summed E-state index contributed by atoms with van der Waals surface area (Å²) in [5, 5.41) is 11.0. The van der Waals surface area contributed by atoms with Crippen LogP contribution in [0.3, 0.4) is 0 Å². The number of hydrogen-bond acceptors (Lipinski definition) is 8. The van der Waals surface area contributed by atoms with Crippen molar-refractivity contribution >= 4 is 7.82 Å². The third-order valence-electron chi connectivity index (χ3n) is 4.23. The molecule has 0 amide bonds. The zero-order valence-corrected chi connectivity index (χ0v) is 15.3. The van der Waals surface area contributed by atoms with Crippen LogP contribution in [0.25, 0.3) is 0 Å². The summed E-state index contributed by atoms with van der Waals surface area (Å²) < 4.78 is 48.6. The van der Waals surface area contributed by atoms with Crippen molar-refractivity contribution in [2.24, 2.45) is 0 Å². The highest BCUT2D eigenvalue weighted by atomic mass is 31.2. The van der Waals surface area contributed by atoms with Gasteiger partial charge in [0.05, 0.1) is 12.7 Å². The first-order valence-corrected chi connectivity index (χ1v) is 9.38. The molecule has 0 radical (unpaired) electrons. The van der Waals surface area contributed by atoms with Crippen molar-refractivity contribution in [1.29, 1.82) is 0 Å². The van der Waals surface area contributed by atoms with E-state index in [9.17, 15) is 23.7 Å². The second kappa shape index (κ2) is 6.36. The standard InChI is InChI=1S/C14H20FN2O8P/c1-8(2)24-26(21)22-7-14(6-15)10(25-26)13(3,20)11(23-14)17-5-4-9(18)16-12(17)19/h4-5,8,10-11,20H,6-7H2,1-3H3,(H,16,18,19)/t10-,11?,13+,14+,26-/m0/s1. The number of phosphoric ester groups is 1. The van der Waals surface area contributed by atoms with E-state index in [1.165, 1.54) is 6.92 Å². The van der Waals surface area contributed by atoms with Crippen LogP contribution in [-0.2, 0) is 22.9 Å². The Morgan fingerprint density at radius 2 is 2.23 bits per heavy atom. The highest BCUT2D eigenvalue weighted by Crippen LogP contribution is 2.62. The fourth-order valence-electron chi connectivity index (χ4n) is 3.13. The number of fused-ring (bicyclic) bond motifs is 1. The largest absolute Gasteiger partial charge is 0.475 e. The summed E-state index contributed by atoms with van der Waals surface area (Å²) >= 11 is 0. The minimum absolute atomic E-state index is 0.511. The summed E-state index contributed by atoms with van der Waals surface area (Å²) in [4.78, 5) is 25.3. The summed E-state index contributed by atoms with van der Waals surface area (Å²) in [5.41, 5.74) is -5.28. The lowest BCUT2D eigenvalue weighted by atomic mass is 9.88. The molecule has 2 aliphatic rings. The minimum Gasteiger partial charge on any atom is -0.383 e. The minimum atomic E-state index is -4.06. The van der Waals surface area contributed by atoms with Crippen LogP contribution in [0.5, 0.6) is 0 Å². The number of nitrogens with zero attached hydrogens (tertiary/aromatic N) is 1. The molecule has 10 nitrogen and oxygen atoms in total. The van der Waals surface area contributed by atoms with Gasteiger partial charge >= 0.3 is 13.5 Å².